The lowest BCUT2D eigenvalue weighted by Crippen LogP contribution is -2.30. The van der Waals surface area contributed by atoms with Gasteiger partial charge in [0, 0.05) is 25.7 Å². The molecule has 17 nitrogen and oxygen atoms in total. The Labute approximate surface area is 543 Å². The van der Waals surface area contributed by atoms with Crippen molar-refractivity contribution in [1.82, 2.24) is 0 Å². The van der Waals surface area contributed by atoms with Crippen molar-refractivity contribution in [2.45, 2.75) is 374 Å². The zero-order valence-corrected chi connectivity index (χ0v) is 59.5. The Balaban J connectivity index is 5.22. The van der Waals surface area contributed by atoms with Gasteiger partial charge in [-0.25, -0.2) is 9.13 Å². The Morgan fingerprint density at radius 1 is 0.303 bits per heavy atom. The van der Waals surface area contributed by atoms with Gasteiger partial charge in [-0.15, -0.1) is 0 Å². The van der Waals surface area contributed by atoms with Crippen molar-refractivity contribution in [2.75, 3.05) is 39.6 Å². The molecule has 0 aliphatic rings. The van der Waals surface area contributed by atoms with Crippen molar-refractivity contribution >= 4 is 39.5 Å². The molecule has 19 heteroatoms. The standard InChI is InChI=1S/C70H136O17P2/c1-7-9-11-13-15-17-19-22-26-30-33-40-46-52-67(72)80-58-65(86-70(75)55-49-43-35-31-27-24-21-20-23-25-28-32-38-44-50-62(3)4)60-84-88(76,77)82-56-64(71)57-83-89(78,79)85-61-66(59-81-68(73)53-47-41-37-36-39-45-51-63(5)6)87-69(74)54-48-42-34-29-18-16-14-12-10-8-2/h62-66,71H,7-61H2,1-6H3,(H,76,77)(H,78,79)/t64-,65-,66-/m1/s1. The molecule has 0 spiro atoms. The van der Waals surface area contributed by atoms with Crippen molar-refractivity contribution in [2.24, 2.45) is 11.8 Å². The van der Waals surface area contributed by atoms with Gasteiger partial charge in [0.25, 0.3) is 0 Å². The van der Waals surface area contributed by atoms with Gasteiger partial charge in [-0.05, 0) is 37.5 Å². The maximum atomic E-state index is 13.0. The summed E-state index contributed by atoms with van der Waals surface area (Å²) in [6.45, 7) is 9.48. The lowest BCUT2D eigenvalue weighted by atomic mass is 10.0. The first-order valence-electron chi connectivity index (χ1n) is 36.5. The van der Waals surface area contributed by atoms with E-state index in [1.54, 1.807) is 0 Å². The first-order valence-corrected chi connectivity index (χ1v) is 39.5. The summed E-state index contributed by atoms with van der Waals surface area (Å²) in [5, 5.41) is 10.6. The van der Waals surface area contributed by atoms with Crippen molar-refractivity contribution in [3.05, 3.63) is 0 Å². The molecule has 0 rings (SSSR count). The summed E-state index contributed by atoms with van der Waals surface area (Å²) in [6.07, 6.45) is 47.3. The molecule has 0 aromatic rings. The number of phosphoric ester groups is 2. The van der Waals surface area contributed by atoms with E-state index in [-0.39, 0.29) is 25.7 Å². The number of rotatable bonds is 69. The van der Waals surface area contributed by atoms with Gasteiger partial charge in [0.2, 0.25) is 0 Å². The van der Waals surface area contributed by atoms with Gasteiger partial charge in [-0.2, -0.15) is 0 Å². The Morgan fingerprint density at radius 3 is 0.764 bits per heavy atom. The monoisotopic (exact) mass is 1310 g/mol. The molecule has 0 amide bonds. The molecule has 0 saturated carbocycles. The fourth-order valence-corrected chi connectivity index (χ4v) is 12.2. The first kappa shape index (κ1) is 87.1. The van der Waals surface area contributed by atoms with E-state index in [4.69, 9.17) is 37.0 Å². The Hall–Kier alpha value is -1.94. The summed E-state index contributed by atoms with van der Waals surface area (Å²) in [5.74, 6) is -0.650. The van der Waals surface area contributed by atoms with Crippen LogP contribution in [-0.2, 0) is 65.4 Å². The normalized spacial score (nSPS) is 14.1. The molecule has 0 aromatic heterocycles. The predicted molar refractivity (Wildman–Crippen MR) is 358 cm³/mol. The van der Waals surface area contributed by atoms with Gasteiger partial charge in [0.15, 0.2) is 12.2 Å². The minimum atomic E-state index is -4.95. The predicted octanol–water partition coefficient (Wildman–Crippen LogP) is 20.0. The molecule has 0 aromatic carbocycles. The number of hydrogen-bond donors (Lipinski definition) is 3. The molecule has 5 atom stereocenters. The average Bonchev–Trinajstić information content (AvgIpc) is 3.61. The van der Waals surface area contributed by atoms with E-state index in [2.05, 4.69) is 41.5 Å². The molecule has 2 unspecified atom stereocenters. The van der Waals surface area contributed by atoms with E-state index in [0.29, 0.717) is 31.6 Å². The molecule has 528 valence electrons. The Kier molecular flexibility index (Phi) is 60.8. The van der Waals surface area contributed by atoms with Crippen LogP contribution < -0.4 is 0 Å². The Morgan fingerprint density at radius 2 is 0.517 bits per heavy atom. The average molecular weight is 1310 g/mol. The van der Waals surface area contributed by atoms with Gasteiger partial charge < -0.3 is 33.8 Å². The number of unbranched alkanes of at least 4 members (excludes halogenated alkanes) is 39. The van der Waals surface area contributed by atoms with E-state index in [9.17, 15) is 43.2 Å². The number of esters is 4. The van der Waals surface area contributed by atoms with Crippen LogP contribution in [0.1, 0.15) is 356 Å². The topological polar surface area (TPSA) is 237 Å². The summed E-state index contributed by atoms with van der Waals surface area (Å²) in [4.78, 5) is 72.5. The summed E-state index contributed by atoms with van der Waals surface area (Å²) in [5.41, 5.74) is 0. The zero-order valence-electron chi connectivity index (χ0n) is 57.7. The SMILES string of the molecule is CCCCCCCCCCCCCCCC(=O)OC[C@H](COP(=O)(O)OC[C@@H](O)COP(=O)(O)OC[C@@H](COC(=O)CCCCCCCCC(C)C)OC(=O)CCCCCCCCCCCC)OC(=O)CCCCCCCCCCCCCCCCC(C)C. The summed E-state index contributed by atoms with van der Waals surface area (Å²) in [7, 11) is -9.90. The molecule has 0 radical (unpaired) electrons. The van der Waals surface area contributed by atoms with Crippen LogP contribution in [0.5, 0.6) is 0 Å². The van der Waals surface area contributed by atoms with Crippen LogP contribution in [0.2, 0.25) is 0 Å². The summed E-state index contributed by atoms with van der Waals surface area (Å²) < 4.78 is 68.2. The third-order valence-electron chi connectivity index (χ3n) is 16.2. The number of carbonyl (C=O) groups excluding carboxylic acids is 4. The van der Waals surface area contributed by atoms with Gasteiger partial charge in [-0.1, -0.05) is 305 Å². The van der Waals surface area contributed by atoms with Crippen LogP contribution in [0.4, 0.5) is 0 Å². The molecule has 0 saturated heterocycles. The fraction of sp³-hybridized carbons (Fsp3) is 0.943. The van der Waals surface area contributed by atoms with Gasteiger partial charge >= 0.3 is 39.5 Å². The number of ether oxygens (including phenoxy) is 4. The lowest BCUT2D eigenvalue weighted by Gasteiger charge is -2.21. The third-order valence-corrected chi connectivity index (χ3v) is 18.1. The van der Waals surface area contributed by atoms with Crippen LogP contribution in [0.25, 0.3) is 0 Å². The van der Waals surface area contributed by atoms with Gasteiger partial charge in [0.1, 0.15) is 19.3 Å². The summed E-state index contributed by atoms with van der Waals surface area (Å²) in [6, 6.07) is 0. The van der Waals surface area contributed by atoms with E-state index >= 15 is 0 Å². The maximum absolute atomic E-state index is 13.0. The van der Waals surface area contributed by atoms with Crippen LogP contribution in [0.15, 0.2) is 0 Å². The molecule has 0 aliphatic carbocycles. The molecule has 89 heavy (non-hydrogen) atoms. The van der Waals surface area contributed by atoms with Crippen molar-refractivity contribution in [1.29, 1.82) is 0 Å². The van der Waals surface area contributed by atoms with Gasteiger partial charge in [-0.3, -0.25) is 37.3 Å². The third kappa shape index (κ3) is 64.6. The highest BCUT2D eigenvalue weighted by atomic mass is 31.2. The Bertz CT molecular complexity index is 1730. The number of hydrogen-bond acceptors (Lipinski definition) is 15. The molecule has 3 N–H and O–H groups in total. The molecule has 0 bridgehead atoms. The maximum Gasteiger partial charge on any atom is 0.472 e. The molecular weight excluding hydrogens is 1170 g/mol. The van der Waals surface area contributed by atoms with E-state index in [1.807, 2.05) is 0 Å². The first-order chi connectivity index (χ1) is 42.9. The molecule has 0 fully saturated rings. The number of aliphatic hydroxyl groups excluding tert-OH is 1. The van der Waals surface area contributed by atoms with E-state index in [0.717, 1.165) is 102 Å². The van der Waals surface area contributed by atoms with E-state index in [1.165, 1.54) is 167 Å². The minimum absolute atomic E-state index is 0.105. The zero-order chi connectivity index (χ0) is 65.7. The van der Waals surface area contributed by atoms with E-state index < -0.39 is 97.5 Å². The van der Waals surface area contributed by atoms with Crippen LogP contribution in [0.3, 0.4) is 0 Å². The molecular formula is C70H136O17P2. The largest absolute Gasteiger partial charge is 0.472 e. The van der Waals surface area contributed by atoms with Crippen molar-refractivity contribution < 1.29 is 80.2 Å². The molecule has 0 heterocycles. The quantitative estimate of drug-likeness (QED) is 0.0222. The highest BCUT2D eigenvalue weighted by Gasteiger charge is 2.30. The second-order valence-corrected chi connectivity index (χ2v) is 29.1. The highest BCUT2D eigenvalue weighted by molar-refractivity contribution is 7.47. The number of phosphoric acid groups is 2. The van der Waals surface area contributed by atoms with Crippen LogP contribution in [0, 0.1) is 11.8 Å². The fourth-order valence-electron chi connectivity index (χ4n) is 10.6. The van der Waals surface area contributed by atoms with Crippen LogP contribution in [-0.4, -0.2) is 96.7 Å². The highest BCUT2D eigenvalue weighted by Crippen LogP contribution is 2.45. The van der Waals surface area contributed by atoms with Crippen LogP contribution >= 0.6 is 15.6 Å². The minimum Gasteiger partial charge on any atom is -0.462 e. The lowest BCUT2D eigenvalue weighted by molar-refractivity contribution is -0.161. The van der Waals surface area contributed by atoms with Crippen molar-refractivity contribution in [3.8, 4) is 0 Å². The summed E-state index contributed by atoms with van der Waals surface area (Å²) >= 11 is 0. The second-order valence-electron chi connectivity index (χ2n) is 26.2. The number of carbonyl (C=O) groups is 4. The second kappa shape index (κ2) is 62.2. The smallest absolute Gasteiger partial charge is 0.462 e. The van der Waals surface area contributed by atoms with Crippen molar-refractivity contribution in [3.63, 3.8) is 0 Å². The molecule has 0 aliphatic heterocycles. The van der Waals surface area contributed by atoms with Gasteiger partial charge in [0.05, 0.1) is 26.4 Å². The number of aliphatic hydroxyl groups is 1.